The Balaban J connectivity index is 1.79. The van der Waals surface area contributed by atoms with Crippen LogP contribution in [-0.2, 0) is 17.6 Å². The van der Waals surface area contributed by atoms with Crippen molar-refractivity contribution in [2.24, 2.45) is 5.92 Å². The number of amides is 1. The molecule has 0 spiro atoms. The summed E-state index contributed by atoms with van der Waals surface area (Å²) in [5, 5.41) is 6.40. The van der Waals surface area contributed by atoms with Crippen molar-refractivity contribution in [1.29, 1.82) is 0 Å². The van der Waals surface area contributed by atoms with Gasteiger partial charge in [0, 0.05) is 12.1 Å². The molecule has 2 N–H and O–H groups in total. The van der Waals surface area contributed by atoms with E-state index in [2.05, 4.69) is 22.8 Å². The average Bonchev–Trinajstić information content (AvgIpc) is 2.40. The summed E-state index contributed by atoms with van der Waals surface area (Å²) in [4.78, 5) is 11.4. The second kappa shape index (κ2) is 5.11. The molecule has 1 fully saturated rings. The van der Waals surface area contributed by atoms with Gasteiger partial charge in [0.15, 0.2) is 0 Å². The fourth-order valence-electron chi connectivity index (χ4n) is 3.09. The Hall–Kier alpha value is -1.35. The lowest BCUT2D eigenvalue weighted by molar-refractivity contribution is -0.116. The first kappa shape index (κ1) is 11.7. The monoisotopic (exact) mass is 244 g/mol. The highest BCUT2D eigenvalue weighted by Gasteiger charge is 2.20. The number of benzene rings is 1. The fraction of sp³-hybridized carbons (Fsp3) is 0.533. The van der Waals surface area contributed by atoms with Gasteiger partial charge in [-0.15, -0.1) is 0 Å². The minimum absolute atomic E-state index is 0.154. The van der Waals surface area contributed by atoms with Crippen LogP contribution in [-0.4, -0.2) is 19.0 Å². The molecule has 3 nitrogen and oxygen atoms in total. The van der Waals surface area contributed by atoms with Crippen LogP contribution in [0.25, 0.3) is 0 Å². The number of hydrogen-bond donors (Lipinski definition) is 2. The van der Waals surface area contributed by atoms with E-state index in [-0.39, 0.29) is 5.91 Å². The summed E-state index contributed by atoms with van der Waals surface area (Å²) in [6.07, 6.45) is 5.26. The summed E-state index contributed by atoms with van der Waals surface area (Å²) in [6.45, 7) is 2.30. The van der Waals surface area contributed by atoms with E-state index < -0.39 is 0 Å². The molecule has 18 heavy (non-hydrogen) atoms. The third-order valence-corrected chi connectivity index (χ3v) is 4.12. The van der Waals surface area contributed by atoms with E-state index in [4.69, 9.17) is 0 Å². The maximum absolute atomic E-state index is 11.4. The molecule has 96 valence electrons. The first-order valence-electron chi connectivity index (χ1n) is 6.94. The van der Waals surface area contributed by atoms with E-state index in [0.29, 0.717) is 6.42 Å². The molecule has 2 aliphatic heterocycles. The van der Waals surface area contributed by atoms with E-state index in [1.807, 2.05) is 6.07 Å². The van der Waals surface area contributed by atoms with Crippen molar-refractivity contribution in [3.8, 4) is 0 Å². The van der Waals surface area contributed by atoms with Crippen molar-refractivity contribution < 1.29 is 4.79 Å². The van der Waals surface area contributed by atoms with Crippen LogP contribution >= 0.6 is 0 Å². The van der Waals surface area contributed by atoms with Gasteiger partial charge in [-0.25, -0.2) is 0 Å². The molecule has 0 aromatic heterocycles. The number of carbonyl (C=O) groups is 1. The molecule has 3 rings (SSSR count). The maximum Gasteiger partial charge on any atom is 0.224 e. The van der Waals surface area contributed by atoms with Crippen molar-refractivity contribution in [3.05, 3.63) is 29.3 Å². The first-order chi connectivity index (χ1) is 8.83. The second-order valence-corrected chi connectivity index (χ2v) is 5.39. The average molecular weight is 244 g/mol. The molecule has 0 aliphatic carbocycles. The normalized spacial score (nSPS) is 20.3. The smallest absolute Gasteiger partial charge is 0.224 e. The summed E-state index contributed by atoms with van der Waals surface area (Å²) in [7, 11) is 0. The van der Waals surface area contributed by atoms with Crippen LogP contribution < -0.4 is 10.6 Å². The molecule has 0 unspecified atom stereocenters. The Morgan fingerprint density at radius 1 is 1.17 bits per heavy atom. The molecule has 1 saturated heterocycles. The predicted octanol–water partition coefficient (Wildman–Crippen LogP) is 2.11. The van der Waals surface area contributed by atoms with E-state index in [1.54, 1.807) is 0 Å². The lowest BCUT2D eigenvalue weighted by atomic mass is 9.87. The molecule has 2 heterocycles. The zero-order chi connectivity index (χ0) is 12.4. The number of fused-ring (bicyclic) bond motifs is 1. The summed E-state index contributed by atoms with van der Waals surface area (Å²) >= 11 is 0. The van der Waals surface area contributed by atoms with Gasteiger partial charge in [-0.3, -0.25) is 4.79 Å². The topological polar surface area (TPSA) is 41.1 Å². The zero-order valence-corrected chi connectivity index (χ0v) is 10.7. The molecule has 0 saturated carbocycles. The zero-order valence-electron chi connectivity index (χ0n) is 10.7. The number of carbonyl (C=O) groups excluding carboxylic acids is 1. The molecule has 0 atom stereocenters. The van der Waals surface area contributed by atoms with Crippen molar-refractivity contribution in [3.63, 3.8) is 0 Å². The standard InChI is InChI=1S/C15H20N2O/c18-15-5-4-13-12(2-1-3-14(13)17-15)10-11-6-8-16-9-7-11/h1-3,11,16H,4-10H2,(H,17,18). The Morgan fingerprint density at radius 2 is 2.00 bits per heavy atom. The van der Waals surface area contributed by atoms with Gasteiger partial charge in [0.05, 0.1) is 0 Å². The van der Waals surface area contributed by atoms with Crippen LogP contribution in [0.4, 0.5) is 5.69 Å². The molecular weight excluding hydrogens is 224 g/mol. The number of rotatable bonds is 2. The van der Waals surface area contributed by atoms with Crippen LogP contribution in [0, 0.1) is 5.92 Å². The van der Waals surface area contributed by atoms with Gasteiger partial charge < -0.3 is 10.6 Å². The fourth-order valence-corrected chi connectivity index (χ4v) is 3.09. The van der Waals surface area contributed by atoms with Gasteiger partial charge in [0.1, 0.15) is 0 Å². The van der Waals surface area contributed by atoms with Gasteiger partial charge in [0.25, 0.3) is 0 Å². The highest BCUT2D eigenvalue weighted by molar-refractivity contribution is 5.94. The van der Waals surface area contributed by atoms with Crippen LogP contribution in [0.5, 0.6) is 0 Å². The molecule has 0 radical (unpaired) electrons. The van der Waals surface area contributed by atoms with Gasteiger partial charge in [-0.05, 0) is 61.9 Å². The van der Waals surface area contributed by atoms with Crippen LogP contribution in [0.2, 0.25) is 0 Å². The highest BCUT2D eigenvalue weighted by atomic mass is 16.1. The predicted molar refractivity (Wildman–Crippen MR) is 72.7 cm³/mol. The first-order valence-corrected chi connectivity index (χ1v) is 6.94. The van der Waals surface area contributed by atoms with Crippen LogP contribution in [0.3, 0.4) is 0 Å². The second-order valence-electron chi connectivity index (χ2n) is 5.39. The lowest BCUT2D eigenvalue weighted by Gasteiger charge is -2.25. The number of nitrogens with one attached hydrogen (secondary N) is 2. The summed E-state index contributed by atoms with van der Waals surface area (Å²) in [6, 6.07) is 6.33. The number of anilines is 1. The maximum atomic E-state index is 11.4. The Kier molecular flexibility index (Phi) is 3.33. The van der Waals surface area contributed by atoms with E-state index in [9.17, 15) is 4.79 Å². The molecule has 1 aromatic carbocycles. The van der Waals surface area contributed by atoms with Crippen molar-refractivity contribution in [1.82, 2.24) is 5.32 Å². The minimum atomic E-state index is 0.154. The molecule has 3 heteroatoms. The van der Waals surface area contributed by atoms with Crippen molar-refractivity contribution in [2.75, 3.05) is 18.4 Å². The largest absolute Gasteiger partial charge is 0.326 e. The minimum Gasteiger partial charge on any atom is -0.326 e. The Morgan fingerprint density at radius 3 is 2.83 bits per heavy atom. The SMILES string of the molecule is O=C1CCc2c(CC3CCNCC3)cccc2N1. The summed E-state index contributed by atoms with van der Waals surface area (Å²) in [5.41, 5.74) is 3.85. The van der Waals surface area contributed by atoms with Gasteiger partial charge in [-0.2, -0.15) is 0 Å². The molecular formula is C15H20N2O. The summed E-state index contributed by atoms with van der Waals surface area (Å²) in [5.74, 6) is 0.955. The van der Waals surface area contributed by atoms with Crippen molar-refractivity contribution in [2.45, 2.75) is 32.1 Å². The Bertz CT molecular complexity index is 450. The van der Waals surface area contributed by atoms with Gasteiger partial charge >= 0.3 is 0 Å². The molecule has 1 amide bonds. The van der Waals surface area contributed by atoms with Crippen LogP contribution in [0.1, 0.15) is 30.4 Å². The molecule has 0 bridgehead atoms. The van der Waals surface area contributed by atoms with Crippen molar-refractivity contribution >= 4 is 11.6 Å². The number of hydrogen-bond acceptors (Lipinski definition) is 2. The molecule has 1 aromatic rings. The third-order valence-electron chi connectivity index (χ3n) is 4.12. The third kappa shape index (κ3) is 2.41. The lowest BCUT2D eigenvalue weighted by Crippen LogP contribution is -2.29. The molecule has 2 aliphatic rings. The van der Waals surface area contributed by atoms with E-state index in [1.165, 1.54) is 30.4 Å². The van der Waals surface area contributed by atoms with E-state index in [0.717, 1.165) is 31.1 Å². The number of piperidine rings is 1. The van der Waals surface area contributed by atoms with Crippen LogP contribution in [0.15, 0.2) is 18.2 Å². The summed E-state index contributed by atoms with van der Waals surface area (Å²) < 4.78 is 0. The van der Waals surface area contributed by atoms with Gasteiger partial charge in [0.2, 0.25) is 5.91 Å². The highest BCUT2D eigenvalue weighted by Crippen LogP contribution is 2.29. The quantitative estimate of drug-likeness (QED) is 0.836. The van der Waals surface area contributed by atoms with E-state index >= 15 is 0 Å². The Labute approximate surface area is 108 Å². The van der Waals surface area contributed by atoms with Gasteiger partial charge in [-0.1, -0.05) is 12.1 Å².